The van der Waals surface area contributed by atoms with Gasteiger partial charge in [0.1, 0.15) is 0 Å². The van der Waals surface area contributed by atoms with Gasteiger partial charge < -0.3 is 20.3 Å². The summed E-state index contributed by atoms with van der Waals surface area (Å²) in [4.78, 5) is 35.1. The minimum absolute atomic E-state index is 0.00736. The number of hydrogen-bond donors (Lipinski definition) is 3. The minimum Gasteiger partial charge on any atom is -0.481 e. The molecule has 2 aromatic carbocycles. The van der Waals surface area contributed by atoms with Crippen LogP contribution < -0.4 is 5.32 Å². The summed E-state index contributed by atoms with van der Waals surface area (Å²) in [6, 6.07) is 17.7. The number of ether oxygens (including phenoxy) is 1. The molecule has 0 bridgehead atoms. The molecule has 0 heterocycles. The fraction of sp³-hybridized carbons (Fsp3) is 0.375. The second-order valence-electron chi connectivity index (χ2n) is 7.45. The van der Waals surface area contributed by atoms with E-state index < -0.39 is 23.8 Å². The quantitative estimate of drug-likeness (QED) is 0.452. The average molecular weight is 427 g/mol. The Morgan fingerprint density at radius 2 is 1.58 bits per heavy atom. The third-order valence-electron chi connectivity index (χ3n) is 5.14. The molecule has 3 N–H and O–H groups in total. The van der Waals surface area contributed by atoms with Crippen LogP contribution in [0.1, 0.15) is 24.8 Å². The molecule has 7 nitrogen and oxygen atoms in total. The molecule has 0 fully saturated rings. The number of amides is 1. The maximum absolute atomic E-state index is 12.7. The second-order valence-corrected chi connectivity index (χ2v) is 7.45. The van der Waals surface area contributed by atoms with Gasteiger partial charge in [0.25, 0.3) is 0 Å². The van der Waals surface area contributed by atoms with E-state index in [1.807, 2.05) is 54.6 Å². The van der Waals surface area contributed by atoms with Crippen molar-refractivity contribution in [2.75, 3.05) is 20.3 Å². The van der Waals surface area contributed by atoms with Crippen LogP contribution >= 0.6 is 0 Å². The Morgan fingerprint density at radius 3 is 2.16 bits per heavy atom. The number of rotatable bonds is 13. The molecular formula is C24H29NO6. The zero-order valence-corrected chi connectivity index (χ0v) is 17.6. The summed E-state index contributed by atoms with van der Waals surface area (Å²) in [6.45, 7) is 0.295. The fourth-order valence-corrected chi connectivity index (χ4v) is 3.41. The lowest BCUT2D eigenvalue weighted by Crippen LogP contribution is -2.35. The number of methoxy groups -OCH3 is 1. The van der Waals surface area contributed by atoms with E-state index in [4.69, 9.17) is 9.84 Å². The predicted octanol–water partition coefficient (Wildman–Crippen LogP) is 3.23. The van der Waals surface area contributed by atoms with Gasteiger partial charge in [0, 0.05) is 26.2 Å². The Kier molecular flexibility index (Phi) is 9.71. The van der Waals surface area contributed by atoms with Crippen molar-refractivity contribution in [2.24, 2.45) is 11.8 Å². The first-order valence-corrected chi connectivity index (χ1v) is 10.3. The Bertz CT molecular complexity index is 850. The van der Waals surface area contributed by atoms with E-state index in [1.165, 1.54) is 7.11 Å². The first kappa shape index (κ1) is 24.1. The number of carbonyl (C=O) groups is 3. The SMILES string of the molecule is COCC[C@H](C[C@@H](Cc1ccc(-c2ccccc2)cc1)C(=O)NCCC(=O)O)C(=O)O. The van der Waals surface area contributed by atoms with Crippen molar-refractivity contribution in [3.05, 3.63) is 60.2 Å². The number of hydrogen-bond acceptors (Lipinski definition) is 4. The maximum Gasteiger partial charge on any atom is 0.306 e. The molecule has 0 aliphatic carbocycles. The lowest BCUT2D eigenvalue weighted by molar-refractivity contribution is -0.143. The topological polar surface area (TPSA) is 113 Å². The lowest BCUT2D eigenvalue weighted by atomic mass is 9.87. The van der Waals surface area contributed by atoms with Gasteiger partial charge in [-0.2, -0.15) is 0 Å². The highest BCUT2D eigenvalue weighted by Crippen LogP contribution is 2.24. The number of carbonyl (C=O) groups excluding carboxylic acids is 1. The molecule has 1 amide bonds. The van der Waals surface area contributed by atoms with E-state index in [-0.39, 0.29) is 31.9 Å². The highest BCUT2D eigenvalue weighted by atomic mass is 16.5. The summed E-state index contributed by atoms with van der Waals surface area (Å²) >= 11 is 0. The van der Waals surface area contributed by atoms with Gasteiger partial charge in [0.05, 0.1) is 12.3 Å². The number of aliphatic carboxylic acids is 2. The molecule has 2 rings (SSSR count). The van der Waals surface area contributed by atoms with E-state index in [0.717, 1.165) is 16.7 Å². The van der Waals surface area contributed by atoms with Crippen LogP contribution in [-0.4, -0.2) is 48.3 Å². The van der Waals surface area contributed by atoms with E-state index in [1.54, 1.807) is 0 Å². The molecule has 0 spiro atoms. The maximum atomic E-state index is 12.7. The van der Waals surface area contributed by atoms with Crippen LogP contribution in [0.15, 0.2) is 54.6 Å². The second kappa shape index (κ2) is 12.5. The third-order valence-corrected chi connectivity index (χ3v) is 5.14. The van der Waals surface area contributed by atoms with Gasteiger partial charge in [0.15, 0.2) is 0 Å². The van der Waals surface area contributed by atoms with Crippen LogP contribution in [-0.2, 0) is 25.5 Å². The number of carboxylic acid groups (broad SMARTS) is 2. The highest BCUT2D eigenvalue weighted by molar-refractivity contribution is 5.80. The van der Waals surface area contributed by atoms with Crippen molar-refractivity contribution >= 4 is 17.8 Å². The molecule has 0 saturated heterocycles. The van der Waals surface area contributed by atoms with E-state index in [2.05, 4.69) is 5.32 Å². The average Bonchev–Trinajstić information content (AvgIpc) is 2.76. The molecule has 0 unspecified atom stereocenters. The van der Waals surface area contributed by atoms with Crippen LogP contribution in [0.4, 0.5) is 0 Å². The summed E-state index contributed by atoms with van der Waals surface area (Å²) < 4.78 is 5.00. The molecule has 31 heavy (non-hydrogen) atoms. The van der Waals surface area contributed by atoms with Crippen molar-refractivity contribution in [1.82, 2.24) is 5.32 Å². The highest BCUT2D eigenvalue weighted by Gasteiger charge is 2.27. The van der Waals surface area contributed by atoms with Crippen LogP contribution in [0.5, 0.6) is 0 Å². The minimum atomic E-state index is -1.00. The molecule has 0 aliphatic rings. The molecular weight excluding hydrogens is 398 g/mol. The predicted molar refractivity (Wildman–Crippen MR) is 117 cm³/mol. The van der Waals surface area contributed by atoms with Gasteiger partial charge in [-0.3, -0.25) is 14.4 Å². The van der Waals surface area contributed by atoms with Gasteiger partial charge in [-0.15, -0.1) is 0 Å². The normalized spacial score (nSPS) is 12.7. The molecule has 0 saturated carbocycles. The number of nitrogens with one attached hydrogen (secondary N) is 1. The lowest BCUT2D eigenvalue weighted by Gasteiger charge is -2.21. The van der Waals surface area contributed by atoms with Crippen LogP contribution in [0, 0.1) is 11.8 Å². The molecule has 7 heteroatoms. The van der Waals surface area contributed by atoms with Crippen LogP contribution in [0.2, 0.25) is 0 Å². The van der Waals surface area contributed by atoms with Gasteiger partial charge in [-0.1, -0.05) is 54.6 Å². The van der Waals surface area contributed by atoms with Crippen molar-refractivity contribution in [3.63, 3.8) is 0 Å². The monoisotopic (exact) mass is 427 g/mol. The van der Waals surface area contributed by atoms with Gasteiger partial charge in [-0.05, 0) is 36.0 Å². The van der Waals surface area contributed by atoms with Gasteiger partial charge in [0.2, 0.25) is 5.91 Å². The first-order valence-electron chi connectivity index (χ1n) is 10.3. The zero-order valence-electron chi connectivity index (χ0n) is 17.6. The smallest absolute Gasteiger partial charge is 0.306 e. The van der Waals surface area contributed by atoms with Crippen molar-refractivity contribution in [1.29, 1.82) is 0 Å². The van der Waals surface area contributed by atoms with Crippen molar-refractivity contribution in [2.45, 2.75) is 25.7 Å². The van der Waals surface area contributed by atoms with Crippen molar-refractivity contribution < 1.29 is 29.3 Å². The molecule has 0 aromatic heterocycles. The Labute approximate surface area is 182 Å². The Morgan fingerprint density at radius 1 is 0.935 bits per heavy atom. The summed E-state index contributed by atoms with van der Waals surface area (Å²) in [7, 11) is 1.50. The zero-order chi connectivity index (χ0) is 22.6. The number of benzene rings is 2. The van der Waals surface area contributed by atoms with E-state index in [0.29, 0.717) is 12.8 Å². The molecule has 0 radical (unpaired) electrons. The summed E-state index contributed by atoms with van der Waals surface area (Å²) in [5.74, 6) is -3.62. The van der Waals surface area contributed by atoms with Gasteiger partial charge >= 0.3 is 11.9 Å². The standard InChI is InChI=1S/C24H29NO6/c1-31-14-12-20(24(29)30)16-21(23(28)25-13-11-22(26)27)15-17-7-9-19(10-8-17)18-5-3-2-4-6-18/h2-10,20-21H,11-16H2,1H3,(H,25,28)(H,26,27)(H,29,30)/t20-,21-/m1/s1. The Balaban J connectivity index is 2.13. The molecule has 2 atom stereocenters. The summed E-state index contributed by atoms with van der Waals surface area (Å²) in [6.07, 6.45) is 0.636. The van der Waals surface area contributed by atoms with Crippen LogP contribution in [0.25, 0.3) is 11.1 Å². The third kappa shape index (κ3) is 8.22. The van der Waals surface area contributed by atoms with E-state index in [9.17, 15) is 19.5 Å². The molecule has 2 aromatic rings. The largest absolute Gasteiger partial charge is 0.481 e. The number of carboxylic acids is 2. The first-order chi connectivity index (χ1) is 14.9. The summed E-state index contributed by atoms with van der Waals surface area (Å²) in [5, 5.41) is 21.0. The molecule has 166 valence electrons. The van der Waals surface area contributed by atoms with Crippen molar-refractivity contribution in [3.8, 4) is 11.1 Å². The fourth-order valence-electron chi connectivity index (χ4n) is 3.41. The molecule has 0 aliphatic heterocycles. The summed E-state index contributed by atoms with van der Waals surface area (Å²) in [5.41, 5.74) is 3.05. The van der Waals surface area contributed by atoms with Crippen LogP contribution in [0.3, 0.4) is 0 Å². The van der Waals surface area contributed by atoms with E-state index >= 15 is 0 Å². The van der Waals surface area contributed by atoms with Gasteiger partial charge in [-0.25, -0.2) is 0 Å². The Hall–Kier alpha value is -3.19.